The molecule has 0 radical (unpaired) electrons. The molecule has 17 heavy (non-hydrogen) atoms. The largest absolute Gasteiger partial charge is 0.396 e. The number of benzene rings is 1. The third-order valence-corrected chi connectivity index (χ3v) is 5.03. The van der Waals surface area contributed by atoms with Crippen molar-refractivity contribution in [1.29, 1.82) is 0 Å². The second kappa shape index (κ2) is 4.53. The second-order valence-electron chi connectivity index (χ2n) is 3.92. The van der Waals surface area contributed by atoms with E-state index in [1.54, 1.807) is 0 Å². The van der Waals surface area contributed by atoms with Crippen LogP contribution >= 0.6 is 11.6 Å². The average Bonchev–Trinajstić information content (AvgIpc) is 2.14. The van der Waals surface area contributed by atoms with Crippen molar-refractivity contribution in [3.8, 4) is 0 Å². The number of aliphatic hydroxyl groups excluding tert-OH is 1. The first-order valence-corrected chi connectivity index (χ1v) is 6.83. The van der Waals surface area contributed by atoms with Crippen LogP contribution in [-0.4, -0.2) is 37.5 Å². The lowest BCUT2D eigenvalue weighted by atomic mass is 10.1. The first-order chi connectivity index (χ1) is 7.96. The molecule has 94 valence electrons. The van der Waals surface area contributed by atoms with E-state index in [2.05, 4.69) is 0 Å². The summed E-state index contributed by atoms with van der Waals surface area (Å²) in [6.45, 7) is 0.323. The Bertz CT molecular complexity index is 508. The lowest BCUT2D eigenvalue weighted by molar-refractivity contribution is 0.117. The van der Waals surface area contributed by atoms with E-state index in [9.17, 15) is 12.8 Å². The van der Waals surface area contributed by atoms with E-state index in [1.807, 2.05) is 0 Å². The van der Waals surface area contributed by atoms with Crippen LogP contribution in [0.15, 0.2) is 23.1 Å². The van der Waals surface area contributed by atoms with E-state index in [4.69, 9.17) is 16.7 Å². The zero-order valence-electron chi connectivity index (χ0n) is 8.81. The molecule has 1 aromatic carbocycles. The Morgan fingerprint density at radius 3 is 2.65 bits per heavy atom. The molecule has 2 rings (SSSR count). The van der Waals surface area contributed by atoms with Gasteiger partial charge in [-0.25, -0.2) is 12.8 Å². The molecule has 1 saturated heterocycles. The van der Waals surface area contributed by atoms with Gasteiger partial charge in [-0.2, -0.15) is 4.31 Å². The molecular weight excluding hydrogens is 269 g/mol. The van der Waals surface area contributed by atoms with Crippen LogP contribution in [0.2, 0.25) is 5.02 Å². The monoisotopic (exact) mass is 279 g/mol. The van der Waals surface area contributed by atoms with Crippen molar-refractivity contribution in [3.63, 3.8) is 0 Å². The smallest absolute Gasteiger partial charge is 0.247 e. The minimum atomic E-state index is -3.89. The van der Waals surface area contributed by atoms with Crippen LogP contribution in [0.25, 0.3) is 0 Å². The number of hydrogen-bond acceptors (Lipinski definition) is 3. The van der Waals surface area contributed by atoms with E-state index >= 15 is 0 Å². The zero-order valence-corrected chi connectivity index (χ0v) is 10.4. The highest BCUT2D eigenvalue weighted by molar-refractivity contribution is 7.89. The van der Waals surface area contributed by atoms with Crippen molar-refractivity contribution in [2.75, 3.05) is 19.7 Å². The fourth-order valence-electron chi connectivity index (χ4n) is 1.69. The number of nitrogens with zero attached hydrogens (tertiary/aromatic N) is 1. The summed E-state index contributed by atoms with van der Waals surface area (Å²) in [5.74, 6) is -0.930. The van der Waals surface area contributed by atoms with E-state index in [-0.39, 0.29) is 30.6 Å². The van der Waals surface area contributed by atoms with Gasteiger partial charge in [-0.05, 0) is 12.1 Å². The van der Waals surface area contributed by atoms with Gasteiger partial charge in [0, 0.05) is 25.6 Å². The molecule has 1 heterocycles. The maximum Gasteiger partial charge on any atom is 0.247 e. The van der Waals surface area contributed by atoms with Crippen LogP contribution in [0, 0.1) is 11.7 Å². The Morgan fingerprint density at radius 1 is 1.47 bits per heavy atom. The molecule has 0 spiro atoms. The molecule has 1 aliphatic heterocycles. The van der Waals surface area contributed by atoms with E-state index in [1.165, 1.54) is 12.1 Å². The fraction of sp³-hybridized carbons (Fsp3) is 0.400. The van der Waals surface area contributed by atoms with Crippen molar-refractivity contribution in [2.24, 2.45) is 5.92 Å². The molecule has 1 aliphatic rings. The van der Waals surface area contributed by atoms with Gasteiger partial charge in [0.15, 0.2) is 0 Å². The van der Waals surface area contributed by atoms with Crippen molar-refractivity contribution in [3.05, 3.63) is 29.0 Å². The summed E-state index contributed by atoms with van der Waals surface area (Å²) in [7, 11) is -3.89. The van der Waals surface area contributed by atoms with Crippen molar-refractivity contribution in [1.82, 2.24) is 4.31 Å². The van der Waals surface area contributed by atoms with Crippen LogP contribution < -0.4 is 0 Å². The van der Waals surface area contributed by atoms with Crippen LogP contribution in [0.3, 0.4) is 0 Å². The van der Waals surface area contributed by atoms with Crippen LogP contribution in [0.1, 0.15) is 0 Å². The predicted molar refractivity (Wildman–Crippen MR) is 60.7 cm³/mol. The Balaban J connectivity index is 2.34. The summed E-state index contributed by atoms with van der Waals surface area (Å²) in [5.41, 5.74) is 0. The molecule has 0 unspecified atom stereocenters. The van der Waals surface area contributed by atoms with Gasteiger partial charge in [-0.15, -0.1) is 0 Å². The molecule has 0 atom stereocenters. The normalized spacial score (nSPS) is 18.1. The molecule has 1 N–H and O–H groups in total. The highest BCUT2D eigenvalue weighted by Crippen LogP contribution is 2.31. The molecule has 4 nitrogen and oxygen atoms in total. The van der Waals surface area contributed by atoms with Gasteiger partial charge in [0.2, 0.25) is 10.0 Å². The van der Waals surface area contributed by atoms with Crippen LogP contribution in [-0.2, 0) is 10.0 Å². The van der Waals surface area contributed by atoms with E-state index < -0.39 is 20.7 Å². The van der Waals surface area contributed by atoms with Gasteiger partial charge in [-0.3, -0.25) is 0 Å². The van der Waals surface area contributed by atoms with E-state index in [0.717, 1.165) is 10.4 Å². The van der Waals surface area contributed by atoms with Crippen LogP contribution in [0.5, 0.6) is 0 Å². The van der Waals surface area contributed by atoms with Crippen molar-refractivity contribution in [2.45, 2.75) is 4.90 Å². The lowest BCUT2D eigenvalue weighted by Crippen LogP contribution is -2.51. The molecule has 0 aromatic heterocycles. The summed E-state index contributed by atoms with van der Waals surface area (Å²) >= 11 is 5.71. The number of aliphatic hydroxyl groups is 1. The number of rotatable bonds is 3. The van der Waals surface area contributed by atoms with Crippen molar-refractivity contribution < 1.29 is 17.9 Å². The summed E-state index contributed by atoms with van der Waals surface area (Å²) in [4.78, 5) is -0.488. The summed E-state index contributed by atoms with van der Waals surface area (Å²) < 4.78 is 38.7. The van der Waals surface area contributed by atoms with Gasteiger partial charge < -0.3 is 5.11 Å². The van der Waals surface area contributed by atoms with Gasteiger partial charge in [0.25, 0.3) is 0 Å². The predicted octanol–water partition coefficient (Wildman–Crippen LogP) is 1.09. The summed E-state index contributed by atoms with van der Waals surface area (Å²) in [6.07, 6.45) is 0. The molecule has 0 bridgehead atoms. The molecule has 0 aliphatic carbocycles. The minimum absolute atomic E-state index is 0.0724. The van der Waals surface area contributed by atoms with Gasteiger partial charge in [-0.1, -0.05) is 17.7 Å². The molecule has 1 fully saturated rings. The third-order valence-electron chi connectivity index (χ3n) is 2.70. The first kappa shape index (κ1) is 12.8. The lowest BCUT2D eigenvalue weighted by Gasteiger charge is -2.37. The third kappa shape index (κ3) is 2.18. The molecule has 0 amide bonds. The zero-order chi connectivity index (χ0) is 12.6. The van der Waals surface area contributed by atoms with Crippen LogP contribution in [0.4, 0.5) is 4.39 Å². The second-order valence-corrected chi connectivity index (χ2v) is 6.20. The van der Waals surface area contributed by atoms with E-state index in [0.29, 0.717) is 0 Å². The molecule has 1 aromatic rings. The summed E-state index contributed by atoms with van der Waals surface area (Å²) in [5, 5.41) is 8.70. The highest BCUT2D eigenvalue weighted by atomic mass is 35.5. The minimum Gasteiger partial charge on any atom is -0.396 e. The Morgan fingerprint density at radius 2 is 2.12 bits per heavy atom. The maximum atomic E-state index is 13.5. The maximum absolute atomic E-state index is 13.5. The number of sulfonamides is 1. The Hall–Kier alpha value is -0.690. The van der Waals surface area contributed by atoms with Gasteiger partial charge in [0.05, 0.1) is 5.02 Å². The molecular formula is C10H11ClFNO3S. The number of hydrogen-bond donors (Lipinski definition) is 1. The summed E-state index contributed by atoms with van der Waals surface area (Å²) in [6, 6.07) is 3.74. The highest BCUT2D eigenvalue weighted by Gasteiger charge is 2.38. The van der Waals surface area contributed by atoms with Crippen molar-refractivity contribution >= 4 is 21.6 Å². The standard InChI is InChI=1S/C10H11ClFNO3S/c11-8-2-1-3-9(12)10(8)17(15,16)13-4-7(5-13)6-14/h1-3,7,14H,4-6H2. The fourth-order valence-corrected chi connectivity index (χ4v) is 3.85. The first-order valence-electron chi connectivity index (χ1n) is 5.02. The quantitative estimate of drug-likeness (QED) is 0.901. The Kier molecular flexibility index (Phi) is 3.40. The average molecular weight is 280 g/mol. The SMILES string of the molecule is O=S(=O)(c1c(F)cccc1Cl)N1CC(CO)C1. The Labute approximate surface area is 104 Å². The number of halogens is 2. The van der Waals surface area contributed by atoms with Gasteiger partial charge in [0.1, 0.15) is 10.7 Å². The van der Waals surface area contributed by atoms with Gasteiger partial charge >= 0.3 is 0 Å². The molecule has 7 heteroatoms. The molecule has 0 saturated carbocycles. The topological polar surface area (TPSA) is 57.6 Å².